The Kier molecular flexibility index (Phi) is 9.10. The second-order valence-electron chi connectivity index (χ2n) is 11.5. The zero-order valence-electron chi connectivity index (χ0n) is 24.5. The summed E-state index contributed by atoms with van der Waals surface area (Å²) in [6, 6.07) is 16.9. The van der Waals surface area contributed by atoms with E-state index in [2.05, 4.69) is 41.5 Å². The molecule has 3 atom stereocenters. The monoisotopic (exact) mass is 557 g/mol. The summed E-state index contributed by atoms with van der Waals surface area (Å²) in [5.41, 5.74) is 12.6. The zero-order valence-corrected chi connectivity index (χ0v) is 24.5. The standard InChI is InChI=1S/C33H43N5O3/c1-4-41-33(39)29-20-36-38(32(29)28-19-27(28)30(34)21-37(2)35)26-15-9-13-24(18-26)23-12-8-14-25(17-23)31(40-3)16-22-10-6-5-7-11-22/h8-9,12-15,17-18,20-22,27-28,31H,4-7,10-11,16,19,34-35H2,1-3H3/b30-21-. The molecule has 41 heavy (non-hydrogen) atoms. The molecule has 2 aromatic carbocycles. The van der Waals surface area contributed by atoms with Crippen molar-refractivity contribution in [1.29, 1.82) is 0 Å². The number of methoxy groups -OCH3 is 1. The summed E-state index contributed by atoms with van der Waals surface area (Å²) in [6.45, 7) is 2.10. The van der Waals surface area contributed by atoms with Crippen LogP contribution < -0.4 is 11.6 Å². The minimum atomic E-state index is -0.370. The van der Waals surface area contributed by atoms with Gasteiger partial charge in [-0.1, -0.05) is 62.4 Å². The minimum Gasteiger partial charge on any atom is -0.462 e. The van der Waals surface area contributed by atoms with Crippen LogP contribution >= 0.6 is 0 Å². The van der Waals surface area contributed by atoms with Crippen molar-refractivity contribution >= 4 is 5.97 Å². The van der Waals surface area contributed by atoms with E-state index in [1.807, 2.05) is 23.9 Å². The highest BCUT2D eigenvalue weighted by atomic mass is 16.5. The van der Waals surface area contributed by atoms with Crippen LogP contribution in [-0.2, 0) is 9.47 Å². The molecule has 3 aromatic rings. The van der Waals surface area contributed by atoms with Gasteiger partial charge in [0.15, 0.2) is 0 Å². The molecule has 2 aliphatic rings. The lowest BCUT2D eigenvalue weighted by molar-refractivity contribution is 0.0525. The number of hydrazine groups is 1. The summed E-state index contributed by atoms with van der Waals surface area (Å²) < 4.78 is 13.2. The van der Waals surface area contributed by atoms with Crippen LogP contribution in [0.3, 0.4) is 0 Å². The maximum absolute atomic E-state index is 12.9. The Morgan fingerprint density at radius 1 is 1.15 bits per heavy atom. The van der Waals surface area contributed by atoms with Gasteiger partial charge in [-0.05, 0) is 60.6 Å². The van der Waals surface area contributed by atoms with Crippen LogP contribution in [0.4, 0.5) is 0 Å². The number of hydrogen-bond acceptors (Lipinski definition) is 7. The first kappa shape index (κ1) is 28.9. The first-order chi connectivity index (χ1) is 19.9. The third-order valence-corrected chi connectivity index (χ3v) is 8.46. The number of benzene rings is 2. The second kappa shape index (κ2) is 12.9. The van der Waals surface area contributed by atoms with Gasteiger partial charge in [-0.15, -0.1) is 0 Å². The second-order valence-corrected chi connectivity index (χ2v) is 11.5. The molecule has 8 nitrogen and oxygen atoms in total. The molecule has 3 unspecified atom stereocenters. The predicted molar refractivity (Wildman–Crippen MR) is 161 cm³/mol. The highest BCUT2D eigenvalue weighted by Crippen LogP contribution is 2.52. The average molecular weight is 558 g/mol. The molecule has 1 aromatic heterocycles. The highest BCUT2D eigenvalue weighted by molar-refractivity contribution is 5.91. The van der Waals surface area contributed by atoms with Crippen LogP contribution in [0, 0.1) is 11.8 Å². The van der Waals surface area contributed by atoms with Crippen molar-refractivity contribution in [2.45, 2.75) is 63.9 Å². The Hall–Kier alpha value is -3.62. The van der Waals surface area contributed by atoms with Crippen LogP contribution in [-0.4, -0.2) is 41.5 Å². The zero-order chi connectivity index (χ0) is 28.9. The molecule has 2 saturated carbocycles. The number of nitrogens with two attached hydrogens (primary N) is 2. The summed E-state index contributed by atoms with van der Waals surface area (Å²) in [5.74, 6) is 6.28. The van der Waals surface area contributed by atoms with Gasteiger partial charge in [-0.3, -0.25) is 0 Å². The van der Waals surface area contributed by atoms with Gasteiger partial charge in [-0.2, -0.15) is 5.10 Å². The fraction of sp³-hybridized carbons (Fsp3) is 0.455. The summed E-state index contributed by atoms with van der Waals surface area (Å²) in [7, 11) is 3.56. The lowest BCUT2D eigenvalue weighted by Gasteiger charge is -2.26. The Morgan fingerprint density at radius 2 is 1.88 bits per heavy atom. The quantitative estimate of drug-likeness (QED) is 0.167. The van der Waals surface area contributed by atoms with Gasteiger partial charge in [0.05, 0.1) is 30.3 Å². The lowest BCUT2D eigenvalue weighted by Crippen LogP contribution is -2.21. The van der Waals surface area contributed by atoms with Crippen LogP contribution in [0.15, 0.2) is 66.6 Å². The van der Waals surface area contributed by atoms with Crippen molar-refractivity contribution < 1.29 is 14.3 Å². The largest absolute Gasteiger partial charge is 0.462 e. The van der Waals surface area contributed by atoms with Gasteiger partial charge in [-0.25, -0.2) is 15.3 Å². The van der Waals surface area contributed by atoms with E-state index >= 15 is 0 Å². The molecule has 5 rings (SSSR count). The first-order valence-electron chi connectivity index (χ1n) is 14.8. The SMILES string of the molecule is CCOC(=O)c1cnn(-c2cccc(-c3cccc(C(CC4CCCCC4)OC)c3)c2)c1C1CC1/C(N)=C/N(C)N. The van der Waals surface area contributed by atoms with E-state index in [-0.39, 0.29) is 23.9 Å². The maximum Gasteiger partial charge on any atom is 0.341 e. The summed E-state index contributed by atoms with van der Waals surface area (Å²) in [6.07, 6.45) is 11.9. The number of nitrogens with zero attached hydrogens (tertiary/aromatic N) is 3. The fourth-order valence-electron chi connectivity index (χ4n) is 6.31. The Morgan fingerprint density at radius 3 is 2.59 bits per heavy atom. The smallest absolute Gasteiger partial charge is 0.341 e. The normalized spacial score (nSPS) is 20.0. The lowest BCUT2D eigenvalue weighted by atomic mass is 9.84. The van der Waals surface area contributed by atoms with E-state index in [1.54, 1.807) is 26.4 Å². The molecular weight excluding hydrogens is 514 g/mol. The van der Waals surface area contributed by atoms with Crippen molar-refractivity contribution in [1.82, 2.24) is 14.8 Å². The molecule has 2 fully saturated rings. The Bertz CT molecular complexity index is 1370. The molecule has 0 aliphatic heterocycles. The molecular formula is C33H43N5O3. The van der Waals surface area contributed by atoms with E-state index in [1.165, 1.54) is 42.7 Å². The number of rotatable bonds is 11. The minimum absolute atomic E-state index is 0.0438. The first-order valence-corrected chi connectivity index (χ1v) is 14.8. The van der Waals surface area contributed by atoms with E-state index < -0.39 is 0 Å². The van der Waals surface area contributed by atoms with Gasteiger partial charge in [0.1, 0.15) is 5.56 Å². The van der Waals surface area contributed by atoms with E-state index in [0.717, 1.165) is 41.3 Å². The number of esters is 1. The van der Waals surface area contributed by atoms with Crippen molar-refractivity contribution in [3.63, 3.8) is 0 Å². The number of ether oxygens (including phenoxy) is 2. The highest BCUT2D eigenvalue weighted by Gasteiger charge is 2.45. The topological polar surface area (TPSA) is 109 Å². The molecule has 2 aliphatic carbocycles. The van der Waals surface area contributed by atoms with Crippen molar-refractivity contribution in [3.05, 3.63) is 83.4 Å². The van der Waals surface area contributed by atoms with E-state index in [4.69, 9.17) is 21.1 Å². The molecule has 0 amide bonds. The summed E-state index contributed by atoms with van der Waals surface area (Å²) in [4.78, 5) is 12.9. The van der Waals surface area contributed by atoms with Gasteiger partial charge in [0.2, 0.25) is 0 Å². The van der Waals surface area contributed by atoms with E-state index in [0.29, 0.717) is 17.9 Å². The van der Waals surface area contributed by atoms with Gasteiger partial charge in [0.25, 0.3) is 0 Å². The molecule has 0 bridgehead atoms. The van der Waals surface area contributed by atoms with Crippen LogP contribution in [0.2, 0.25) is 0 Å². The van der Waals surface area contributed by atoms with Crippen molar-refractivity contribution in [2.24, 2.45) is 23.4 Å². The number of carbonyl (C=O) groups excluding carboxylic acids is 1. The molecule has 0 radical (unpaired) electrons. The molecule has 218 valence electrons. The fourth-order valence-corrected chi connectivity index (χ4v) is 6.31. The van der Waals surface area contributed by atoms with Crippen molar-refractivity contribution in [3.8, 4) is 16.8 Å². The molecule has 4 N–H and O–H groups in total. The van der Waals surface area contributed by atoms with Gasteiger partial charge < -0.3 is 20.2 Å². The summed E-state index contributed by atoms with van der Waals surface area (Å²) >= 11 is 0. The van der Waals surface area contributed by atoms with Crippen LogP contribution in [0.25, 0.3) is 16.8 Å². The van der Waals surface area contributed by atoms with E-state index in [9.17, 15) is 4.79 Å². The number of hydrogen-bond donors (Lipinski definition) is 2. The third kappa shape index (κ3) is 6.66. The molecule has 0 saturated heterocycles. The van der Waals surface area contributed by atoms with Crippen LogP contribution in [0.5, 0.6) is 0 Å². The average Bonchev–Trinajstić information content (AvgIpc) is 3.66. The summed E-state index contributed by atoms with van der Waals surface area (Å²) in [5, 5.41) is 6.12. The predicted octanol–water partition coefficient (Wildman–Crippen LogP) is 6.08. The molecule has 8 heteroatoms. The molecule has 1 heterocycles. The Labute approximate surface area is 243 Å². The van der Waals surface area contributed by atoms with Gasteiger partial charge >= 0.3 is 5.97 Å². The van der Waals surface area contributed by atoms with Crippen LogP contribution in [0.1, 0.15) is 85.5 Å². The Balaban J connectivity index is 1.45. The number of aromatic nitrogens is 2. The van der Waals surface area contributed by atoms with Gasteiger partial charge in [0, 0.05) is 37.9 Å². The van der Waals surface area contributed by atoms with Crippen molar-refractivity contribution in [2.75, 3.05) is 20.8 Å². The number of allylic oxidation sites excluding steroid dienone is 1. The molecule has 0 spiro atoms. The number of carbonyl (C=O) groups is 1. The maximum atomic E-state index is 12.9. The third-order valence-electron chi connectivity index (χ3n) is 8.46.